The zero-order valence-electron chi connectivity index (χ0n) is 18.5. The van der Waals surface area contributed by atoms with Crippen LogP contribution in [0.1, 0.15) is 49.8 Å². The van der Waals surface area contributed by atoms with Crippen molar-refractivity contribution in [1.29, 1.82) is 0 Å². The molecule has 1 atom stereocenters. The maximum absolute atomic E-state index is 12.8. The van der Waals surface area contributed by atoms with E-state index in [1.807, 2.05) is 27.7 Å². The number of rotatable bonds is 7. The minimum Gasteiger partial charge on any atom is -0.507 e. The van der Waals surface area contributed by atoms with Gasteiger partial charge in [0.25, 0.3) is 5.91 Å². The second-order valence-corrected chi connectivity index (χ2v) is 8.79. The van der Waals surface area contributed by atoms with Crippen LogP contribution in [0.3, 0.4) is 0 Å². The zero-order valence-corrected chi connectivity index (χ0v) is 19.3. The largest absolute Gasteiger partial charge is 0.507 e. The van der Waals surface area contributed by atoms with Crippen molar-refractivity contribution >= 4 is 17.0 Å². The lowest BCUT2D eigenvalue weighted by molar-refractivity contribution is 0.0930. The number of nitrogens with one attached hydrogen (secondary N) is 1. The fourth-order valence-electron chi connectivity index (χ4n) is 3.28. The summed E-state index contributed by atoms with van der Waals surface area (Å²) in [7, 11) is 1.53. The van der Waals surface area contributed by atoms with Crippen molar-refractivity contribution in [2.75, 3.05) is 7.11 Å². The van der Waals surface area contributed by atoms with E-state index in [0.29, 0.717) is 17.0 Å². The van der Waals surface area contributed by atoms with Crippen LogP contribution in [0, 0.1) is 0 Å². The van der Waals surface area contributed by atoms with Crippen molar-refractivity contribution in [2.45, 2.75) is 44.6 Å². The predicted octanol–water partition coefficient (Wildman–Crippen LogP) is 3.49. The summed E-state index contributed by atoms with van der Waals surface area (Å²) < 4.78 is 27.6. The molecular formula is C22H26N4O5S. The Morgan fingerprint density at radius 1 is 1.12 bits per heavy atom. The highest BCUT2D eigenvalue weighted by atomic mass is 32.2. The van der Waals surface area contributed by atoms with E-state index in [4.69, 9.17) is 4.74 Å². The van der Waals surface area contributed by atoms with Crippen LogP contribution in [0.25, 0.3) is 17.1 Å². The fraction of sp³-hybridized carbons (Fsp3) is 0.318. The van der Waals surface area contributed by atoms with Crippen LogP contribution >= 0.6 is 0 Å². The number of aromatic nitrogens is 3. The number of amides is 1. The summed E-state index contributed by atoms with van der Waals surface area (Å²) in [5, 5.41) is 21.8. The molecule has 3 rings (SSSR count). The van der Waals surface area contributed by atoms with Crippen LogP contribution in [0.15, 0.2) is 41.3 Å². The molecule has 0 spiro atoms. The number of phenolic OH excluding ortho intramolecular Hbond substituents is 1. The Hall–Kier alpha value is -3.24. The van der Waals surface area contributed by atoms with Crippen LogP contribution in [0.2, 0.25) is 0 Å². The summed E-state index contributed by atoms with van der Waals surface area (Å²) in [6, 6.07) is 9.28. The highest BCUT2D eigenvalue weighted by Gasteiger charge is 2.25. The molecule has 1 unspecified atom stereocenters. The van der Waals surface area contributed by atoms with Gasteiger partial charge in [-0.3, -0.25) is 9.36 Å². The van der Waals surface area contributed by atoms with E-state index < -0.39 is 17.0 Å². The van der Waals surface area contributed by atoms with Gasteiger partial charge >= 0.3 is 0 Å². The Bertz CT molecular complexity index is 1160. The molecule has 2 aromatic carbocycles. The Balaban J connectivity index is 2.25. The average Bonchev–Trinajstić information content (AvgIpc) is 3.17. The number of hydrogen-bond donors (Lipinski definition) is 3. The molecule has 0 aliphatic rings. The highest BCUT2D eigenvalue weighted by molar-refractivity contribution is 7.79. The SMILES string of the molecule is COc1cc(O)c(-c2nnc(C(=O)NC(C)C)n2-c2ccc(S(=O)O)cc2)cc1C(C)C. The van der Waals surface area contributed by atoms with E-state index in [-0.39, 0.29) is 34.3 Å². The monoisotopic (exact) mass is 458 g/mol. The molecule has 3 aromatic rings. The summed E-state index contributed by atoms with van der Waals surface area (Å²) in [6.07, 6.45) is 0. The lowest BCUT2D eigenvalue weighted by Crippen LogP contribution is -2.32. The molecule has 32 heavy (non-hydrogen) atoms. The lowest BCUT2D eigenvalue weighted by atomic mass is 9.98. The molecule has 0 bridgehead atoms. The maximum Gasteiger partial charge on any atom is 0.289 e. The molecule has 10 heteroatoms. The second kappa shape index (κ2) is 9.49. The first-order chi connectivity index (χ1) is 15.1. The van der Waals surface area contributed by atoms with Crippen LogP contribution in [-0.4, -0.2) is 47.7 Å². The van der Waals surface area contributed by atoms with Crippen molar-refractivity contribution in [2.24, 2.45) is 0 Å². The van der Waals surface area contributed by atoms with Crippen molar-refractivity contribution in [3.8, 4) is 28.6 Å². The molecule has 1 amide bonds. The van der Waals surface area contributed by atoms with E-state index in [1.165, 1.54) is 29.9 Å². The summed E-state index contributed by atoms with van der Waals surface area (Å²) in [6.45, 7) is 7.65. The Morgan fingerprint density at radius 3 is 2.31 bits per heavy atom. The van der Waals surface area contributed by atoms with Gasteiger partial charge in [-0.2, -0.15) is 0 Å². The number of methoxy groups -OCH3 is 1. The van der Waals surface area contributed by atoms with Crippen LogP contribution < -0.4 is 10.1 Å². The Morgan fingerprint density at radius 2 is 1.78 bits per heavy atom. The average molecular weight is 459 g/mol. The number of carbonyl (C=O) groups is 1. The molecule has 0 aliphatic carbocycles. The molecular weight excluding hydrogens is 432 g/mol. The third-order valence-corrected chi connectivity index (χ3v) is 5.47. The van der Waals surface area contributed by atoms with Crippen molar-refractivity contribution in [3.05, 3.63) is 47.8 Å². The number of aromatic hydroxyl groups is 1. The maximum atomic E-state index is 12.8. The van der Waals surface area contributed by atoms with E-state index in [9.17, 15) is 18.7 Å². The molecule has 0 radical (unpaired) electrons. The van der Waals surface area contributed by atoms with Crippen LogP contribution in [0.4, 0.5) is 0 Å². The van der Waals surface area contributed by atoms with Gasteiger partial charge in [-0.1, -0.05) is 13.8 Å². The first-order valence-corrected chi connectivity index (χ1v) is 11.1. The standard InChI is InChI=1S/C22H26N4O5S/c1-12(2)16-10-17(18(27)11-19(16)31-5)20-24-25-21(22(28)23-13(3)4)26(20)14-6-8-15(9-7-14)32(29)30/h6-13,27H,1-5H3,(H,23,28)(H,29,30). The predicted molar refractivity (Wildman–Crippen MR) is 121 cm³/mol. The number of hydrogen-bond acceptors (Lipinski definition) is 6. The Labute approximate surface area is 188 Å². The number of carbonyl (C=O) groups excluding carboxylic acids is 1. The van der Waals surface area contributed by atoms with Crippen LogP contribution in [-0.2, 0) is 11.1 Å². The molecule has 1 heterocycles. The van der Waals surface area contributed by atoms with Crippen molar-refractivity contribution in [3.63, 3.8) is 0 Å². The number of benzene rings is 2. The molecule has 170 valence electrons. The quantitative estimate of drug-likeness (QED) is 0.463. The topological polar surface area (TPSA) is 127 Å². The van der Waals surface area contributed by atoms with Gasteiger partial charge in [0.2, 0.25) is 5.82 Å². The molecule has 3 N–H and O–H groups in total. The molecule has 0 saturated carbocycles. The third-order valence-electron chi connectivity index (χ3n) is 4.79. The summed E-state index contributed by atoms with van der Waals surface area (Å²) in [5.41, 5.74) is 1.73. The van der Waals surface area contributed by atoms with Crippen LogP contribution in [0.5, 0.6) is 11.5 Å². The summed E-state index contributed by atoms with van der Waals surface area (Å²) in [4.78, 5) is 13.0. The first-order valence-electron chi connectivity index (χ1n) is 10.0. The fourth-order valence-corrected chi connectivity index (χ4v) is 3.65. The lowest BCUT2D eigenvalue weighted by Gasteiger charge is -2.16. The van der Waals surface area contributed by atoms with Crippen molar-refractivity contribution in [1.82, 2.24) is 20.1 Å². The minimum atomic E-state index is -2.14. The summed E-state index contributed by atoms with van der Waals surface area (Å²) >= 11 is -2.14. The normalized spacial score (nSPS) is 12.2. The van der Waals surface area contributed by atoms with E-state index >= 15 is 0 Å². The highest BCUT2D eigenvalue weighted by Crippen LogP contribution is 2.38. The number of phenols is 1. The van der Waals surface area contributed by atoms with Gasteiger partial charge < -0.3 is 19.7 Å². The van der Waals surface area contributed by atoms with Gasteiger partial charge in [0.1, 0.15) is 11.5 Å². The smallest absolute Gasteiger partial charge is 0.289 e. The zero-order chi connectivity index (χ0) is 23.6. The second-order valence-electron chi connectivity index (χ2n) is 7.82. The summed E-state index contributed by atoms with van der Waals surface area (Å²) in [5.74, 6) is 0.393. The van der Waals surface area contributed by atoms with Gasteiger partial charge in [0.15, 0.2) is 16.9 Å². The Kier molecular flexibility index (Phi) is 6.95. The molecule has 0 fully saturated rings. The van der Waals surface area contributed by atoms with Gasteiger partial charge in [-0.25, -0.2) is 4.21 Å². The van der Waals surface area contributed by atoms with Gasteiger partial charge in [-0.15, -0.1) is 10.2 Å². The van der Waals surface area contributed by atoms with E-state index in [2.05, 4.69) is 15.5 Å². The molecule has 1 aromatic heterocycles. The van der Waals surface area contributed by atoms with Gasteiger partial charge in [0, 0.05) is 17.8 Å². The molecule has 9 nitrogen and oxygen atoms in total. The molecule has 0 aliphatic heterocycles. The third kappa shape index (κ3) is 4.66. The van der Waals surface area contributed by atoms with Gasteiger partial charge in [0.05, 0.1) is 17.6 Å². The minimum absolute atomic E-state index is 0.0212. The van der Waals surface area contributed by atoms with E-state index in [0.717, 1.165) is 5.56 Å². The number of ether oxygens (including phenoxy) is 1. The van der Waals surface area contributed by atoms with E-state index in [1.54, 1.807) is 18.2 Å². The first kappa shape index (κ1) is 23.4. The molecule has 0 saturated heterocycles. The van der Waals surface area contributed by atoms with Crippen molar-refractivity contribution < 1.29 is 23.4 Å². The van der Waals surface area contributed by atoms with Gasteiger partial charge in [-0.05, 0) is 55.7 Å². The number of nitrogens with zero attached hydrogens (tertiary/aromatic N) is 3.